The summed E-state index contributed by atoms with van der Waals surface area (Å²) in [6, 6.07) is 0. The average Bonchev–Trinajstić information content (AvgIpc) is 2.30. The number of rotatable bonds is 2. The molecule has 56 valence electrons. The summed E-state index contributed by atoms with van der Waals surface area (Å²) in [7, 11) is 1.91. The van der Waals surface area contributed by atoms with E-state index in [2.05, 4.69) is 17.3 Å². The van der Waals surface area contributed by atoms with E-state index in [0.717, 1.165) is 17.9 Å². The smallest absolute Gasteiger partial charge is 0.0824 e. The Morgan fingerprint density at radius 1 is 1.70 bits per heavy atom. The van der Waals surface area contributed by atoms with E-state index in [9.17, 15) is 0 Å². The molecule has 1 aromatic rings. The minimum absolute atomic E-state index is 0.933. The van der Waals surface area contributed by atoms with Gasteiger partial charge < -0.3 is 5.32 Å². The van der Waals surface area contributed by atoms with Crippen LogP contribution >= 0.6 is 0 Å². The molecule has 0 bridgehead atoms. The van der Waals surface area contributed by atoms with Gasteiger partial charge in [-0.2, -0.15) is 5.10 Å². The first-order chi connectivity index (χ1) is 4.77. The Morgan fingerprint density at radius 3 is 2.70 bits per heavy atom. The van der Waals surface area contributed by atoms with Crippen LogP contribution in [0, 0.1) is 6.92 Å². The molecular weight excluding hydrogens is 126 g/mol. The number of hydrogen-bond donors (Lipinski definition) is 1. The van der Waals surface area contributed by atoms with Crippen molar-refractivity contribution in [1.29, 1.82) is 0 Å². The molecule has 0 aliphatic rings. The van der Waals surface area contributed by atoms with Gasteiger partial charge in [0.1, 0.15) is 0 Å². The Bertz CT molecular complexity index is 215. The lowest BCUT2D eigenvalue weighted by Gasteiger charge is -1.91. The topological polar surface area (TPSA) is 29.9 Å². The monoisotopic (exact) mass is 139 g/mol. The number of anilines is 1. The van der Waals surface area contributed by atoms with E-state index < -0.39 is 0 Å². The van der Waals surface area contributed by atoms with Gasteiger partial charge in [0, 0.05) is 19.8 Å². The van der Waals surface area contributed by atoms with Crippen LogP contribution in [0.1, 0.15) is 12.6 Å². The summed E-state index contributed by atoms with van der Waals surface area (Å²) >= 11 is 0. The van der Waals surface area contributed by atoms with Crippen LogP contribution in [0.25, 0.3) is 0 Å². The van der Waals surface area contributed by atoms with Gasteiger partial charge in [-0.3, -0.25) is 4.68 Å². The number of nitrogens with zero attached hydrogens (tertiary/aromatic N) is 2. The number of nitrogens with one attached hydrogen (secondary N) is 1. The summed E-state index contributed by atoms with van der Waals surface area (Å²) in [5.74, 6) is 0. The fourth-order valence-electron chi connectivity index (χ4n) is 0.925. The zero-order valence-corrected chi connectivity index (χ0v) is 6.68. The summed E-state index contributed by atoms with van der Waals surface area (Å²) < 4.78 is 1.92. The number of hydrogen-bond acceptors (Lipinski definition) is 2. The fraction of sp³-hybridized carbons (Fsp3) is 0.571. The van der Waals surface area contributed by atoms with E-state index in [1.165, 1.54) is 0 Å². The van der Waals surface area contributed by atoms with E-state index in [-0.39, 0.29) is 0 Å². The van der Waals surface area contributed by atoms with Gasteiger partial charge in [0.05, 0.1) is 11.4 Å². The summed E-state index contributed by atoms with van der Waals surface area (Å²) in [6.07, 6.45) is 2.01. The predicted octanol–water partition coefficient (Wildman–Crippen LogP) is 1.25. The molecule has 0 radical (unpaired) electrons. The van der Waals surface area contributed by atoms with Gasteiger partial charge in [-0.25, -0.2) is 0 Å². The molecule has 0 spiro atoms. The molecule has 3 heteroatoms. The lowest BCUT2D eigenvalue weighted by Crippen LogP contribution is -1.93. The molecular formula is C7H13N3. The van der Waals surface area contributed by atoms with Crippen LogP contribution in [0.5, 0.6) is 0 Å². The van der Waals surface area contributed by atoms with Gasteiger partial charge in [0.15, 0.2) is 0 Å². The maximum Gasteiger partial charge on any atom is 0.0824 e. The van der Waals surface area contributed by atoms with Gasteiger partial charge in [0.25, 0.3) is 0 Å². The van der Waals surface area contributed by atoms with Crippen molar-refractivity contribution >= 4 is 5.69 Å². The molecule has 0 aromatic carbocycles. The van der Waals surface area contributed by atoms with E-state index in [4.69, 9.17) is 0 Å². The van der Waals surface area contributed by atoms with Gasteiger partial charge >= 0.3 is 0 Å². The normalized spacial score (nSPS) is 9.90. The standard InChI is InChI=1S/C7H13N3/c1-4-10-5-7(8-3)6(2)9-10/h5,8H,4H2,1-3H3. The molecule has 0 aliphatic carbocycles. The first kappa shape index (κ1) is 7.12. The highest BCUT2D eigenvalue weighted by Gasteiger charge is 1.98. The lowest BCUT2D eigenvalue weighted by molar-refractivity contribution is 0.653. The van der Waals surface area contributed by atoms with Gasteiger partial charge in [0.2, 0.25) is 0 Å². The summed E-state index contributed by atoms with van der Waals surface area (Å²) in [5, 5.41) is 7.32. The second-order valence-corrected chi connectivity index (χ2v) is 2.23. The third-order valence-electron chi connectivity index (χ3n) is 1.54. The summed E-state index contributed by atoms with van der Waals surface area (Å²) in [6.45, 7) is 5.01. The van der Waals surface area contributed by atoms with Crippen molar-refractivity contribution in [2.24, 2.45) is 0 Å². The molecule has 0 saturated heterocycles. The van der Waals surface area contributed by atoms with Crippen LogP contribution in [0.2, 0.25) is 0 Å². The second kappa shape index (κ2) is 2.73. The molecule has 0 saturated carbocycles. The zero-order valence-electron chi connectivity index (χ0n) is 6.68. The third-order valence-corrected chi connectivity index (χ3v) is 1.54. The van der Waals surface area contributed by atoms with Crippen molar-refractivity contribution in [3.05, 3.63) is 11.9 Å². The van der Waals surface area contributed by atoms with E-state index in [1.807, 2.05) is 24.9 Å². The van der Waals surface area contributed by atoms with E-state index in [0.29, 0.717) is 0 Å². The van der Waals surface area contributed by atoms with Crippen LogP contribution in [0.15, 0.2) is 6.20 Å². The highest BCUT2D eigenvalue weighted by atomic mass is 15.3. The first-order valence-electron chi connectivity index (χ1n) is 3.49. The lowest BCUT2D eigenvalue weighted by atomic mass is 10.4. The Kier molecular flexibility index (Phi) is 1.94. The van der Waals surface area contributed by atoms with Crippen molar-refractivity contribution in [2.75, 3.05) is 12.4 Å². The summed E-state index contributed by atoms with van der Waals surface area (Å²) in [5.41, 5.74) is 2.17. The zero-order chi connectivity index (χ0) is 7.56. The SMILES string of the molecule is CCn1cc(NC)c(C)n1. The minimum atomic E-state index is 0.933. The van der Waals surface area contributed by atoms with Crippen molar-refractivity contribution in [3.63, 3.8) is 0 Å². The van der Waals surface area contributed by atoms with Crippen LogP contribution in [-0.4, -0.2) is 16.8 Å². The molecule has 1 aromatic heterocycles. The Hall–Kier alpha value is -0.990. The van der Waals surface area contributed by atoms with Crippen LogP contribution in [0.3, 0.4) is 0 Å². The summed E-state index contributed by atoms with van der Waals surface area (Å²) in [4.78, 5) is 0. The Labute approximate surface area is 61.0 Å². The number of aromatic nitrogens is 2. The largest absolute Gasteiger partial charge is 0.385 e. The highest BCUT2D eigenvalue weighted by molar-refractivity contribution is 5.44. The fourth-order valence-corrected chi connectivity index (χ4v) is 0.925. The maximum atomic E-state index is 4.25. The Morgan fingerprint density at radius 2 is 2.40 bits per heavy atom. The van der Waals surface area contributed by atoms with Crippen molar-refractivity contribution < 1.29 is 0 Å². The van der Waals surface area contributed by atoms with Crippen LogP contribution in [-0.2, 0) is 6.54 Å². The molecule has 3 nitrogen and oxygen atoms in total. The average molecular weight is 139 g/mol. The molecule has 1 heterocycles. The molecule has 0 fully saturated rings. The number of aryl methyl sites for hydroxylation is 2. The highest BCUT2D eigenvalue weighted by Crippen LogP contribution is 2.09. The van der Waals surface area contributed by atoms with E-state index in [1.54, 1.807) is 0 Å². The molecule has 1 N–H and O–H groups in total. The maximum absolute atomic E-state index is 4.25. The first-order valence-corrected chi connectivity index (χ1v) is 3.49. The molecule has 0 unspecified atom stereocenters. The van der Waals surface area contributed by atoms with Crippen LogP contribution in [0.4, 0.5) is 5.69 Å². The van der Waals surface area contributed by atoms with Crippen molar-refractivity contribution in [2.45, 2.75) is 20.4 Å². The molecule has 1 rings (SSSR count). The molecule has 0 aliphatic heterocycles. The third kappa shape index (κ3) is 1.12. The molecule has 0 atom stereocenters. The Balaban J connectivity index is 2.92. The van der Waals surface area contributed by atoms with Crippen LogP contribution < -0.4 is 5.32 Å². The van der Waals surface area contributed by atoms with Gasteiger partial charge in [-0.05, 0) is 13.8 Å². The predicted molar refractivity (Wildman–Crippen MR) is 42.2 cm³/mol. The molecule has 10 heavy (non-hydrogen) atoms. The minimum Gasteiger partial charge on any atom is -0.385 e. The molecule has 0 amide bonds. The van der Waals surface area contributed by atoms with Gasteiger partial charge in [-0.15, -0.1) is 0 Å². The quantitative estimate of drug-likeness (QED) is 0.668. The van der Waals surface area contributed by atoms with Gasteiger partial charge in [-0.1, -0.05) is 0 Å². The van der Waals surface area contributed by atoms with Crippen molar-refractivity contribution in [1.82, 2.24) is 9.78 Å². The van der Waals surface area contributed by atoms with Crippen molar-refractivity contribution in [3.8, 4) is 0 Å². The van der Waals surface area contributed by atoms with E-state index >= 15 is 0 Å². The second-order valence-electron chi connectivity index (χ2n) is 2.23.